The first-order valence-corrected chi connectivity index (χ1v) is 7.51. The van der Waals surface area contributed by atoms with Gasteiger partial charge in [-0.2, -0.15) is 0 Å². The number of carbonyl (C=O) groups excluding carboxylic acids is 1. The van der Waals surface area contributed by atoms with Crippen LogP contribution < -0.4 is 0 Å². The molecule has 3 heteroatoms. The van der Waals surface area contributed by atoms with Crippen LogP contribution in [0.2, 0.25) is 0 Å². The second-order valence-corrected chi connectivity index (χ2v) is 5.75. The van der Waals surface area contributed by atoms with E-state index in [0.717, 1.165) is 38.0 Å². The Morgan fingerprint density at radius 2 is 2.10 bits per heavy atom. The van der Waals surface area contributed by atoms with Gasteiger partial charge in [0.1, 0.15) is 5.69 Å². The summed E-state index contributed by atoms with van der Waals surface area (Å²) in [7, 11) is 2.02. The van der Waals surface area contributed by atoms with Gasteiger partial charge in [0.2, 0.25) is 0 Å². The lowest BCUT2D eigenvalue weighted by Gasteiger charge is -2.27. The van der Waals surface area contributed by atoms with Gasteiger partial charge >= 0.3 is 0 Å². The van der Waals surface area contributed by atoms with Crippen LogP contribution in [0.1, 0.15) is 41.4 Å². The minimum atomic E-state index is 0.206. The monoisotopic (exact) mass is 270 g/mol. The second-order valence-electron chi connectivity index (χ2n) is 5.75. The summed E-state index contributed by atoms with van der Waals surface area (Å²) in [6, 6.07) is 6.36. The van der Waals surface area contributed by atoms with Crippen LogP contribution in [0, 0.1) is 6.92 Å². The number of hydrogen-bond donors (Lipinski definition) is 0. The van der Waals surface area contributed by atoms with Crippen LogP contribution in [0.15, 0.2) is 18.2 Å². The van der Waals surface area contributed by atoms with Crippen molar-refractivity contribution < 1.29 is 4.79 Å². The third-order valence-corrected chi connectivity index (χ3v) is 4.42. The molecule has 0 atom stereocenters. The Bertz CT molecular complexity index is 669. The predicted molar refractivity (Wildman–Crippen MR) is 82.2 cm³/mol. The molecule has 106 valence electrons. The van der Waals surface area contributed by atoms with Gasteiger partial charge in [-0.25, -0.2) is 0 Å². The highest BCUT2D eigenvalue weighted by Crippen LogP contribution is 2.31. The number of unbranched alkanes of at least 4 members (excludes halogenated alkanes) is 1. The fraction of sp³-hybridized carbons (Fsp3) is 0.471. The number of aryl methyl sites for hydroxylation is 2. The first-order valence-electron chi connectivity index (χ1n) is 7.51. The third-order valence-electron chi connectivity index (χ3n) is 4.42. The quantitative estimate of drug-likeness (QED) is 0.840. The first-order chi connectivity index (χ1) is 9.65. The molecule has 3 nitrogen and oxygen atoms in total. The van der Waals surface area contributed by atoms with E-state index in [1.165, 1.54) is 22.0 Å². The lowest BCUT2D eigenvalue weighted by Crippen LogP contribution is -2.39. The Morgan fingerprint density at radius 3 is 2.85 bits per heavy atom. The fourth-order valence-electron chi connectivity index (χ4n) is 3.38. The Morgan fingerprint density at radius 1 is 1.30 bits per heavy atom. The summed E-state index contributed by atoms with van der Waals surface area (Å²) in [5, 5.41) is 1.26. The topological polar surface area (TPSA) is 25.2 Å². The molecule has 3 rings (SSSR count). The Hall–Kier alpha value is -1.77. The molecule has 0 fully saturated rings. The Kier molecular flexibility index (Phi) is 3.28. The molecular weight excluding hydrogens is 248 g/mol. The van der Waals surface area contributed by atoms with E-state index < -0.39 is 0 Å². The van der Waals surface area contributed by atoms with E-state index in [1.54, 1.807) is 0 Å². The van der Waals surface area contributed by atoms with Crippen molar-refractivity contribution >= 4 is 16.8 Å². The summed E-state index contributed by atoms with van der Waals surface area (Å²) in [6.07, 6.45) is 3.19. The molecule has 2 aromatic rings. The van der Waals surface area contributed by atoms with Gasteiger partial charge in [-0.05, 0) is 30.9 Å². The number of para-hydroxylation sites is 1. The average molecular weight is 270 g/mol. The number of carbonyl (C=O) groups is 1. The highest BCUT2D eigenvalue weighted by atomic mass is 16.2. The van der Waals surface area contributed by atoms with Crippen LogP contribution in [0.25, 0.3) is 10.9 Å². The first kappa shape index (κ1) is 13.2. The predicted octanol–water partition coefficient (Wildman–Crippen LogP) is 3.29. The summed E-state index contributed by atoms with van der Waals surface area (Å²) < 4.78 is 2.10. The van der Waals surface area contributed by atoms with Crippen molar-refractivity contribution in [3.8, 4) is 0 Å². The molecule has 1 aromatic heterocycles. The van der Waals surface area contributed by atoms with Gasteiger partial charge in [-0.3, -0.25) is 4.79 Å². The molecule has 1 aliphatic rings. The van der Waals surface area contributed by atoms with E-state index in [9.17, 15) is 4.79 Å². The van der Waals surface area contributed by atoms with Crippen LogP contribution in [-0.4, -0.2) is 28.5 Å². The number of nitrogens with zero attached hydrogens (tertiary/aromatic N) is 2. The molecule has 1 aliphatic heterocycles. The molecule has 2 heterocycles. The van der Waals surface area contributed by atoms with E-state index >= 15 is 0 Å². The highest BCUT2D eigenvalue weighted by molar-refractivity contribution is 6.03. The molecule has 0 saturated heterocycles. The maximum atomic E-state index is 12.7. The molecule has 0 saturated carbocycles. The number of aromatic nitrogens is 1. The van der Waals surface area contributed by atoms with Crippen molar-refractivity contribution in [1.29, 1.82) is 0 Å². The van der Waals surface area contributed by atoms with Crippen molar-refractivity contribution in [3.05, 3.63) is 35.0 Å². The number of rotatable bonds is 3. The molecule has 0 N–H and O–H groups in total. The summed E-state index contributed by atoms with van der Waals surface area (Å²) in [4.78, 5) is 14.7. The van der Waals surface area contributed by atoms with E-state index in [-0.39, 0.29) is 5.91 Å². The van der Waals surface area contributed by atoms with E-state index in [4.69, 9.17) is 0 Å². The molecule has 0 bridgehead atoms. The normalized spacial score (nSPS) is 14.9. The number of hydrogen-bond acceptors (Lipinski definition) is 1. The van der Waals surface area contributed by atoms with Crippen LogP contribution in [0.3, 0.4) is 0 Å². The fourth-order valence-corrected chi connectivity index (χ4v) is 3.38. The van der Waals surface area contributed by atoms with Crippen molar-refractivity contribution in [3.63, 3.8) is 0 Å². The van der Waals surface area contributed by atoms with E-state index in [1.807, 2.05) is 11.9 Å². The molecule has 0 aliphatic carbocycles. The summed E-state index contributed by atoms with van der Waals surface area (Å²) in [6.45, 7) is 6.03. The zero-order valence-electron chi connectivity index (χ0n) is 12.6. The highest BCUT2D eigenvalue weighted by Gasteiger charge is 2.29. The number of fused-ring (bicyclic) bond motifs is 3. The maximum Gasteiger partial charge on any atom is 0.270 e. The molecule has 20 heavy (non-hydrogen) atoms. The molecule has 1 aromatic carbocycles. The number of benzene rings is 1. The van der Waals surface area contributed by atoms with Crippen molar-refractivity contribution in [2.24, 2.45) is 7.05 Å². The minimum absolute atomic E-state index is 0.206. The van der Waals surface area contributed by atoms with Gasteiger partial charge in [-0.1, -0.05) is 31.5 Å². The van der Waals surface area contributed by atoms with Crippen LogP contribution in [0.4, 0.5) is 0 Å². The van der Waals surface area contributed by atoms with Gasteiger partial charge in [0.25, 0.3) is 5.91 Å². The standard InChI is InChI=1S/C17H22N2O/c1-4-5-10-19-11-9-14-13-8-6-7-12(2)15(13)18(3)16(14)17(19)20/h6-8H,4-5,9-11H2,1-3H3. The van der Waals surface area contributed by atoms with Crippen LogP contribution >= 0.6 is 0 Å². The lowest BCUT2D eigenvalue weighted by molar-refractivity contribution is 0.0728. The molecule has 0 unspecified atom stereocenters. The van der Waals surface area contributed by atoms with Gasteiger partial charge in [0.05, 0.1) is 5.52 Å². The second kappa shape index (κ2) is 4.97. The molecule has 0 radical (unpaired) electrons. The van der Waals surface area contributed by atoms with Crippen molar-refractivity contribution in [2.75, 3.05) is 13.1 Å². The van der Waals surface area contributed by atoms with E-state index in [2.05, 4.69) is 36.6 Å². The largest absolute Gasteiger partial charge is 0.339 e. The van der Waals surface area contributed by atoms with E-state index in [0.29, 0.717) is 0 Å². The zero-order chi connectivity index (χ0) is 14.3. The van der Waals surface area contributed by atoms with Crippen molar-refractivity contribution in [1.82, 2.24) is 9.47 Å². The third kappa shape index (κ3) is 1.84. The minimum Gasteiger partial charge on any atom is -0.339 e. The lowest BCUT2D eigenvalue weighted by atomic mass is 10.0. The summed E-state index contributed by atoms with van der Waals surface area (Å²) in [5.41, 5.74) is 4.59. The Balaban J connectivity index is 2.11. The average Bonchev–Trinajstić information content (AvgIpc) is 2.73. The molecular formula is C17H22N2O. The number of amides is 1. The van der Waals surface area contributed by atoms with Gasteiger partial charge in [0.15, 0.2) is 0 Å². The van der Waals surface area contributed by atoms with Crippen LogP contribution in [-0.2, 0) is 13.5 Å². The summed E-state index contributed by atoms with van der Waals surface area (Å²) >= 11 is 0. The van der Waals surface area contributed by atoms with Gasteiger partial charge in [-0.15, -0.1) is 0 Å². The SMILES string of the molecule is CCCCN1CCc2c(n(C)c3c(C)cccc23)C1=O. The van der Waals surface area contributed by atoms with Gasteiger partial charge < -0.3 is 9.47 Å². The zero-order valence-corrected chi connectivity index (χ0v) is 12.6. The van der Waals surface area contributed by atoms with Crippen molar-refractivity contribution in [2.45, 2.75) is 33.1 Å². The summed E-state index contributed by atoms with van der Waals surface area (Å²) in [5.74, 6) is 0.206. The molecule has 0 spiro atoms. The van der Waals surface area contributed by atoms with Gasteiger partial charge in [0, 0.05) is 25.5 Å². The Labute approximate surface area is 120 Å². The van der Waals surface area contributed by atoms with Crippen LogP contribution in [0.5, 0.6) is 0 Å². The maximum absolute atomic E-state index is 12.7. The smallest absolute Gasteiger partial charge is 0.270 e. The molecule has 1 amide bonds.